The van der Waals surface area contributed by atoms with Gasteiger partial charge in [-0.3, -0.25) is 10.0 Å². The Morgan fingerprint density at radius 2 is 2.29 bits per heavy atom. The number of anilines is 1. The van der Waals surface area contributed by atoms with Crippen LogP contribution in [0.15, 0.2) is 11.4 Å². The molecular weight excluding hydrogens is 257 g/mol. The molecule has 1 atom stereocenters. The topological polar surface area (TPSA) is 52.6 Å². The number of rotatable bonds is 1. The molecule has 1 aliphatic rings. The van der Waals surface area contributed by atoms with Gasteiger partial charge in [-0.1, -0.05) is 0 Å². The standard InChI is InChI=1S/C9H9F3N2O2S/c10-9(11,12)8(15)13-6-1-3-14(16)7-5(6)2-4-17-7/h2,4,6,16H,1,3H2,(H,13,15). The van der Waals surface area contributed by atoms with Crippen LogP contribution in [0, 0.1) is 0 Å². The molecule has 2 heterocycles. The Hall–Kier alpha value is -1.28. The highest BCUT2D eigenvalue weighted by atomic mass is 32.1. The van der Waals surface area contributed by atoms with E-state index in [0.29, 0.717) is 10.6 Å². The summed E-state index contributed by atoms with van der Waals surface area (Å²) in [5.41, 5.74) is 0.515. The van der Waals surface area contributed by atoms with Gasteiger partial charge in [-0.15, -0.1) is 11.3 Å². The highest BCUT2D eigenvalue weighted by Crippen LogP contribution is 2.37. The molecule has 0 bridgehead atoms. The van der Waals surface area contributed by atoms with E-state index in [1.807, 2.05) is 5.32 Å². The number of nitrogens with one attached hydrogen (secondary N) is 1. The zero-order valence-electron chi connectivity index (χ0n) is 8.49. The molecule has 0 radical (unpaired) electrons. The van der Waals surface area contributed by atoms with Crippen LogP contribution in [0.2, 0.25) is 0 Å². The van der Waals surface area contributed by atoms with Gasteiger partial charge in [0.2, 0.25) is 0 Å². The number of thiophene rings is 1. The van der Waals surface area contributed by atoms with Crippen LogP contribution in [0.25, 0.3) is 0 Å². The summed E-state index contributed by atoms with van der Waals surface area (Å²) in [4.78, 5) is 10.8. The summed E-state index contributed by atoms with van der Waals surface area (Å²) in [6.07, 6.45) is -4.64. The Morgan fingerprint density at radius 3 is 2.94 bits per heavy atom. The quantitative estimate of drug-likeness (QED) is 0.818. The van der Waals surface area contributed by atoms with E-state index in [2.05, 4.69) is 0 Å². The number of halogens is 3. The molecule has 8 heteroatoms. The minimum atomic E-state index is -4.88. The van der Waals surface area contributed by atoms with Crippen LogP contribution in [0.4, 0.5) is 18.2 Å². The average molecular weight is 266 g/mol. The van der Waals surface area contributed by atoms with Gasteiger partial charge < -0.3 is 5.32 Å². The van der Waals surface area contributed by atoms with E-state index in [0.717, 1.165) is 5.06 Å². The Kier molecular flexibility index (Phi) is 3.00. The summed E-state index contributed by atoms with van der Waals surface area (Å²) in [6.45, 7) is 0.191. The number of fused-ring (bicyclic) bond motifs is 1. The van der Waals surface area contributed by atoms with Crippen LogP contribution in [0.1, 0.15) is 18.0 Å². The lowest BCUT2D eigenvalue weighted by Gasteiger charge is -2.29. The van der Waals surface area contributed by atoms with E-state index < -0.39 is 18.1 Å². The Bertz CT molecular complexity index is 432. The third kappa shape index (κ3) is 2.37. The van der Waals surface area contributed by atoms with E-state index in [-0.39, 0.29) is 13.0 Å². The summed E-state index contributed by atoms with van der Waals surface area (Å²) < 4.78 is 36.3. The highest BCUT2D eigenvalue weighted by molar-refractivity contribution is 7.14. The molecule has 0 saturated carbocycles. The Balaban J connectivity index is 2.15. The predicted octanol–water partition coefficient (Wildman–Crippen LogP) is 2.07. The summed E-state index contributed by atoms with van der Waals surface area (Å²) in [5.74, 6) is -1.95. The maximum atomic E-state index is 12.1. The molecule has 1 unspecified atom stereocenters. The lowest BCUT2D eigenvalue weighted by Crippen LogP contribution is -2.42. The SMILES string of the molecule is O=C(NC1CCN(O)c2sccc21)C(F)(F)F. The largest absolute Gasteiger partial charge is 0.471 e. The summed E-state index contributed by atoms with van der Waals surface area (Å²) in [5, 5.41) is 14.5. The number of carbonyl (C=O) groups is 1. The van der Waals surface area contributed by atoms with E-state index >= 15 is 0 Å². The number of alkyl halides is 3. The molecule has 2 rings (SSSR count). The number of hydroxylamine groups is 1. The van der Waals surface area contributed by atoms with Crippen molar-refractivity contribution in [3.8, 4) is 0 Å². The molecule has 1 aromatic heterocycles. The van der Waals surface area contributed by atoms with Crippen molar-refractivity contribution in [2.75, 3.05) is 11.6 Å². The molecule has 2 N–H and O–H groups in total. The van der Waals surface area contributed by atoms with Crippen molar-refractivity contribution in [1.29, 1.82) is 0 Å². The molecule has 0 fully saturated rings. The second kappa shape index (κ2) is 4.19. The average Bonchev–Trinajstić information content (AvgIpc) is 2.70. The third-order valence-electron chi connectivity index (χ3n) is 2.48. The first-order chi connectivity index (χ1) is 7.89. The van der Waals surface area contributed by atoms with Crippen molar-refractivity contribution in [2.24, 2.45) is 0 Å². The number of nitrogens with zero attached hydrogens (tertiary/aromatic N) is 1. The minimum absolute atomic E-state index is 0.191. The van der Waals surface area contributed by atoms with Gasteiger partial charge in [0.05, 0.1) is 6.04 Å². The second-order valence-corrected chi connectivity index (χ2v) is 4.51. The number of hydrogen-bond donors (Lipinski definition) is 2. The van der Waals surface area contributed by atoms with Crippen LogP contribution in [-0.2, 0) is 4.79 Å². The molecule has 0 aromatic carbocycles. The Labute approximate surface area is 98.6 Å². The van der Waals surface area contributed by atoms with Crippen molar-refractivity contribution in [3.63, 3.8) is 0 Å². The van der Waals surface area contributed by atoms with Gasteiger partial charge in [0.1, 0.15) is 5.00 Å². The zero-order valence-corrected chi connectivity index (χ0v) is 9.31. The highest BCUT2D eigenvalue weighted by Gasteiger charge is 2.41. The molecular formula is C9H9F3N2O2S. The van der Waals surface area contributed by atoms with Crippen LogP contribution >= 0.6 is 11.3 Å². The first-order valence-corrected chi connectivity index (χ1v) is 5.69. The number of carbonyl (C=O) groups excluding carboxylic acids is 1. The van der Waals surface area contributed by atoms with Gasteiger partial charge in [-0.2, -0.15) is 13.2 Å². The van der Waals surface area contributed by atoms with Gasteiger partial charge in [0, 0.05) is 12.1 Å². The minimum Gasteiger partial charge on any atom is -0.341 e. The lowest BCUT2D eigenvalue weighted by atomic mass is 10.0. The zero-order chi connectivity index (χ0) is 12.6. The molecule has 94 valence electrons. The van der Waals surface area contributed by atoms with Gasteiger partial charge in [0.15, 0.2) is 0 Å². The Morgan fingerprint density at radius 1 is 1.59 bits per heavy atom. The predicted molar refractivity (Wildman–Crippen MR) is 55.0 cm³/mol. The third-order valence-corrected chi connectivity index (χ3v) is 3.42. The van der Waals surface area contributed by atoms with Crippen LogP contribution in [-0.4, -0.2) is 23.8 Å². The van der Waals surface area contributed by atoms with Crippen molar-refractivity contribution < 1.29 is 23.2 Å². The van der Waals surface area contributed by atoms with E-state index in [9.17, 15) is 23.2 Å². The maximum absolute atomic E-state index is 12.1. The maximum Gasteiger partial charge on any atom is 0.471 e. The first kappa shape index (κ1) is 12.2. The molecule has 1 aromatic rings. The van der Waals surface area contributed by atoms with E-state index in [4.69, 9.17) is 0 Å². The normalized spacial score (nSPS) is 20.0. The second-order valence-electron chi connectivity index (χ2n) is 3.62. The van der Waals surface area contributed by atoms with Crippen molar-refractivity contribution in [1.82, 2.24) is 5.32 Å². The number of hydrogen-bond acceptors (Lipinski definition) is 4. The molecule has 0 spiro atoms. The van der Waals surface area contributed by atoms with Gasteiger partial charge >= 0.3 is 12.1 Å². The van der Waals surface area contributed by atoms with Crippen molar-refractivity contribution >= 4 is 22.2 Å². The van der Waals surface area contributed by atoms with Crippen LogP contribution < -0.4 is 10.4 Å². The van der Waals surface area contributed by atoms with E-state index in [1.54, 1.807) is 11.4 Å². The van der Waals surface area contributed by atoms with Crippen LogP contribution in [0.3, 0.4) is 0 Å². The van der Waals surface area contributed by atoms with Crippen molar-refractivity contribution in [2.45, 2.75) is 18.6 Å². The summed E-state index contributed by atoms with van der Waals surface area (Å²) in [6, 6.07) is 0.901. The molecule has 4 nitrogen and oxygen atoms in total. The summed E-state index contributed by atoms with van der Waals surface area (Å²) >= 11 is 1.22. The lowest BCUT2D eigenvalue weighted by molar-refractivity contribution is -0.174. The molecule has 17 heavy (non-hydrogen) atoms. The first-order valence-electron chi connectivity index (χ1n) is 4.81. The fraction of sp³-hybridized carbons (Fsp3) is 0.444. The molecule has 0 aliphatic carbocycles. The van der Waals surface area contributed by atoms with Gasteiger partial charge in [-0.25, -0.2) is 5.06 Å². The molecule has 0 saturated heterocycles. The van der Waals surface area contributed by atoms with Gasteiger partial charge in [-0.05, 0) is 17.9 Å². The summed E-state index contributed by atoms with van der Waals surface area (Å²) in [7, 11) is 0. The monoisotopic (exact) mass is 266 g/mol. The van der Waals surface area contributed by atoms with Gasteiger partial charge in [0.25, 0.3) is 0 Å². The number of amides is 1. The molecule has 1 aliphatic heterocycles. The fourth-order valence-corrected chi connectivity index (χ4v) is 2.59. The van der Waals surface area contributed by atoms with Crippen molar-refractivity contribution in [3.05, 3.63) is 17.0 Å². The van der Waals surface area contributed by atoms with Crippen LogP contribution in [0.5, 0.6) is 0 Å². The molecule has 1 amide bonds. The fourth-order valence-electron chi connectivity index (χ4n) is 1.68. The van der Waals surface area contributed by atoms with E-state index in [1.165, 1.54) is 11.3 Å². The smallest absolute Gasteiger partial charge is 0.341 e.